The number of benzene rings is 1. The van der Waals surface area contributed by atoms with Gasteiger partial charge in [-0.25, -0.2) is 0 Å². The largest absolute Gasteiger partial charge is 0.489 e. The van der Waals surface area contributed by atoms with E-state index in [1.807, 2.05) is 30.0 Å². The molecule has 1 aromatic rings. The van der Waals surface area contributed by atoms with Crippen molar-refractivity contribution >= 4 is 11.6 Å². The Kier molecular flexibility index (Phi) is 4.66. The SMILES string of the molecule is CCCCN(CC)C(=O)c1cccc2c1OCCN2. The number of hydrogen-bond donors (Lipinski definition) is 1. The molecule has 4 nitrogen and oxygen atoms in total. The molecule has 1 aromatic carbocycles. The number of fused-ring (bicyclic) bond motifs is 1. The highest BCUT2D eigenvalue weighted by atomic mass is 16.5. The second-order valence-corrected chi connectivity index (χ2v) is 4.70. The average molecular weight is 262 g/mol. The van der Waals surface area contributed by atoms with Gasteiger partial charge in [0.25, 0.3) is 5.91 Å². The van der Waals surface area contributed by atoms with Gasteiger partial charge in [-0.2, -0.15) is 0 Å². The van der Waals surface area contributed by atoms with Crippen molar-refractivity contribution in [1.29, 1.82) is 0 Å². The van der Waals surface area contributed by atoms with Crippen LogP contribution in [0.3, 0.4) is 0 Å². The van der Waals surface area contributed by atoms with Crippen molar-refractivity contribution in [3.63, 3.8) is 0 Å². The van der Waals surface area contributed by atoms with Gasteiger partial charge in [0.05, 0.1) is 11.3 Å². The fraction of sp³-hybridized carbons (Fsp3) is 0.533. The number of carbonyl (C=O) groups is 1. The molecule has 0 aromatic heterocycles. The van der Waals surface area contributed by atoms with Gasteiger partial charge in [-0.1, -0.05) is 19.4 Å². The molecule has 19 heavy (non-hydrogen) atoms. The third kappa shape index (κ3) is 3.00. The van der Waals surface area contributed by atoms with E-state index in [9.17, 15) is 4.79 Å². The number of nitrogens with zero attached hydrogens (tertiary/aromatic N) is 1. The molecular weight excluding hydrogens is 240 g/mol. The van der Waals surface area contributed by atoms with Gasteiger partial charge >= 0.3 is 0 Å². The van der Waals surface area contributed by atoms with Crippen LogP contribution >= 0.6 is 0 Å². The van der Waals surface area contributed by atoms with Gasteiger partial charge < -0.3 is 15.0 Å². The molecular formula is C15H22N2O2. The summed E-state index contributed by atoms with van der Waals surface area (Å²) < 4.78 is 5.66. The monoisotopic (exact) mass is 262 g/mol. The molecule has 104 valence electrons. The highest BCUT2D eigenvalue weighted by molar-refractivity contribution is 5.99. The number of para-hydroxylation sites is 1. The molecule has 4 heteroatoms. The van der Waals surface area contributed by atoms with Crippen LogP contribution in [0.25, 0.3) is 0 Å². The van der Waals surface area contributed by atoms with E-state index in [0.717, 1.165) is 38.2 Å². The minimum absolute atomic E-state index is 0.0662. The van der Waals surface area contributed by atoms with Crippen LogP contribution in [-0.2, 0) is 0 Å². The number of ether oxygens (including phenoxy) is 1. The van der Waals surface area contributed by atoms with Crippen LogP contribution in [0.15, 0.2) is 18.2 Å². The average Bonchev–Trinajstić information content (AvgIpc) is 2.47. The van der Waals surface area contributed by atoms with Gasteiger partial charge in [0.1, 0.15) is 6.61 Å². The number of anilines is 1. The Balaban J connectivity index is 2.22. The van der Waals surface area contributed by atoms with Gasteiger partial charge in [0.2, 0.25) is 0 Å². The van der Waals surface area contributed by atoms with Gasteiger partial charge in [-0.3, -0.25) is 4.79 Å². The molecule has 0 unspecified atom stereocenters. The van der Waals surface area contributed by atoms with Crippen molar-refractivity contribution in [2.45, 2.75) is 26.7 Å². The summed E-state index contributed by atoms with van der Waals surface area (Å²) in [6.45, 7) is 7.09. The van der Waals surface area contributed by atoms with Crippen molar-refractivity contribution in [1.82, 2.24) is 4.90 Å². The minimum atomic E-state index is 0.0662. The van der Waals surface area contributed by atoms with E-state index < -0.39 is 0 Å². The van der Waals surface area contributed by atoms with E-state index in [4.69, 9.17) is 4.74 Å². The van der Waals surface area contributed by atoms with Crippen molar-refractivity contribution in [2.75, 3.05) is 31.6 Å². The molecule has 2 rings (SSSR count). The Hall–Kier alpha value is -1.71. The molecule has 1 N–H and O–H groups in total. The maximum atomic E-state index is 12.6. The molecule has 0 aliphatic carbocycles. The lowest BCUT2D eigenvalue weighted by atomic mass is 10.1. The predicted molar refractivity (Wildman–Crippen MR) is 76.9 cm³/mol. The summed E-state index contributed by atoms with van der Waals surface area (Å²) in [5.41, 5.74) is 1.59. The Morgan fingerprint density at radius 3 is 3.00 bits per heavy atom. The van der Waals surface area contributed by atoms with Gasteiger partial charge in [0, 0.05) is 19.6 Å². The van der Waals surface area contributed by atoms with Crippen LogP contribution in [0.4, 0.5) is 5.69 Å². The van der Waals surface area contributed by atoms with Crippen molar-refractivity contribution < 1.29 is 9.53 Å². The number of hydrogen-bond acceptors (Lipinski definition) is 3. The van der Waals surface area contributed by atoms with E-state index in [1.165, 1.54) is 0 Å². The van der Waals surface area contributed by atoms with E-state index in [2.05, 4.69) is 12.2 Å². The molecule has 0 spiro atoms. The van der Waals surface area contributed by atoms with Crippen LogP contribution in [-0.4, -0.2) is 37.0 Å². The first-order valence-corrected chi connectivity index (χ1v) is 7.06. The smallest absolute Gasteiger partial charge is 0.257 e. The maximum Gasteiger partial charge on any atom is 0.257 e. The fourth-order valence-electron chi connectivity index (χ4n) is 2.26. The predicted octanol–water partition coefficient (Wildman–Crippen LogP) is 2.75. The summed E-state index contributed by atoms with van der Waals surface area (Å²) in [7, 11) is 0. The van der Waals surface area contributed by atoms with Crippen LogP contribution in [0, 0.1) is 0 Å². The highest BCUT2D eigenvalue weighted by Crippen LogP contribution is 2.32. The van der Waals surface area contributed by atoms with Crippen molar-refractivity contribution in [3.05, 3.63) is 23.8 Å². The molecule has 1 aliphatic heterocycles. The lowest BCUT2D eigenvalue weighted by Gasteiger charge is -2.25. The molecule has 1 aliphatic rings. The number of rotatable bonds is 5. The number of carbonyl (C=O) groups excluding carboxylic acids is 1. The summed E-state index contributed by atoms with van der Waals surface area (Å²) in [6.07, 6.45) is 2.13. The standard InChI is InChI=1S/C15H22N2O2/c1-3-5-10-17(4-2)15(18)12-7-6-8-13-14(12)19-11-9-16-13/h6-8,16H,3-5,9-11H2,1-2H3. The number of unbranched alkanes of at least 4 members (excludes halogenated alkanes) is 1. The Bertz CT molecular complexity index is 446. The number of nitrogens with one attached hydrogen (secondary N) is 1. The zero-order valence-electron chi connectivity index (χ0n) is 11.7. The Labute approximate surface area is 114 Å². The molecule has 0 saturated carbocycles. The molecule has 0 fully saturated rings. The summed E-state index contributed by atoms with van der Waals surface area (Å²) in [6, 6.07) is 5.71. The van der Waals surface area contributed by atoms with Gasteiger partial charge in [-0.15, -0.1) is 0 Å². The summed E-state index contributed by atoms with van der Waals surface area (Å²) in [5.74, 6) is 0.769. The van der Waals surface area contributed by atoms with E-state index in [0.29, 0.717) is 17.9 Å². The van der Waals surface area contributed by atoms with Crippen LogP contribution in [0.5, 0.6) is 5.75 Å². The fourth-order valence-corrected chi connectivity index (χ4v) is 2.26. The van der Waals surface area contributed by atoms with E-state index in [-0.39, 0.29) is 5.91 Å². The minimum Gasteiger partial charge on any atom is -0.489 e. The second-order valence-electron chi connectivity index (χ2n) is 4.70. The van der Waals surface area contributed by atoms with Crippen molar-refractivity contribution in [2.24, 2.45) is 0 Å². The van der Waals surface area contributed by atoms with Gasteiger partial charge in [0.15, 0.2) is 5.75 Å². The first-order chi connectivity index (χ1) is 9.27. The van der Waals surface area contributed by atoms with E-state index in [1.54, 1.807) is 0 Å². The van der Waals surface area contributed by atoms with Crippen molar-refractivity contribution in [3.8, 4) is 5.75 Å². The maximum absolute atomic E-state index is 12.6. The zero-order chi connectivity index (χ0) is 13.7. The second kappa shape index (κ2) is 6.45. The lowest BCUT2D eigenvalue weighted by molar-refractivity contribution is 0.0758. The third-order valence-electron chi connectivity index (χ3n) is 3.36. The summed E-state index contributed by atoms with van der Waals surface area (Å²) in [4.78, 5) is 14.5. The summed E-state index contributed by atoms with van der Waals surface area (Å²) in [5, 5.41) is 3.26. The molecule has 1 heterocycles. The quantitative estimate of drug-likeness (QED) is 0.887. The zero-order valence-corrected chi connectivity index (χ0v) is 11.7. The Morgan fingerprint density at radius 2 is 2.26 bits per heavy atom. The first-order valence-electron chi connectivity index (χ1n) is 7.06. The third-order valence-corrected chi connectivity index (χ3v) is 3.36. The molecule has 1 amide bonds. The molecule has 0 radical (unpaired) electrons. The number of amides is 1. The highest BCUT2D eigenvalue weighted by Gasteiger charge is 2.22. The van der Waals surface area contributed by atoms with Crippen LogP contribution < -0.4 is 10.1 Å². The molecule has 0 saturated heterocycles. The lowest BCUT2D eigenvalue weighted by Crippen LogP contribution is -2.32. The van der Waals surface area contributed by atoms with Crippen LogP contribution in [0.2, 0.25) is 0 Å². The molecule has 0 bridgehead atoms. The topological polar surface area (TPSA) is 41.6 Å². The normalized spacial score (nSPS) is 13.2. The van der Waals surface area contributed by atoms with E-state index >= 15 is 0 Å². The summed E-state index contributed by atoms with van der Waals surface area (Å²) >= 11 is 0. The Morgan fingerprint density at radius 1 is 1.42 bits per heavy atom. The first kappa shape index (κ1) is 13.7. The van der Waals surface area contributed by atoms with Gasteiger partial charge in [-0.05, 0) is 25.5 Å². The van der Waals surface area contributed by atoms with Crippen LogP contribution in [0.1, 0.15) is 37.0 Å². The molecule has 0 atom stereocenters.